The van der Waals surface area contributed by atoms with Gasteiger partial charge in [-0.05, 0) is 18.3 Å². The number of nitrogens with one attached hydrogen (secondary N) is 1. The highest BCUT2D eigenvalue weighted by Gasteiger charge is 2.34. The van der Waals surface area contributed by atoms with E-state index in [4.69, 9.17) is 0 Å². The number of amides is 2. The molecule has 1 saturated carbocycles. The minimum absolute atomic E-state index is 0.204. The molecule has 4 heteroatoms. The Bertz CT molecular complexity index is 238. The van der Waals surface area contributed by atoms with Crippen LogP contribution in [-0.2, 0) is 0 Å². The Balaban J connectivity index is 1.78. The van der Waals surface area contributed by atoms with Gasteiger partial charge in [-0.3, -0.25) is 0 Å². The van der Waals surface area contributed by atoms with Crippen molar-refractivity contribution in [2.75, 3.05) is 39.8 Å². The zero-order valence-electron chi connectivity index (χ0n) is 9.70. The Kier molecular flexibility index (Phi) is 3.14. The van der Waals surface area contributed by atoms with E-state index in [2.05, 4.69) is 12.2 Å². The second-order valence-corrected chi connectivity index (χ2v) is 4.87. The number of carbonyl (C=O) groups is 1. The van der Waals surface area contributed by atoms with Gasteiger partial charge in [0.2, 0.25) is 0 Å². The Morgan fingerprint density at radius 3 is 2.60 bits per heavy atom. The van der Waals surface area contributed by atoms with E-state index in [1.54, 1.807) is 0 Å². The monoisotopic (exact) mass is 211 g/mol. The molecule has 2 amide bonds. The lowest BCUT2D eigenvalue weighted by Crippen LogP contribution is -2.50. The van der Waals surface area contributed by atoms with Crippen LogP contribution in [0.15, 0.2) is 0 Å². The van der Waals surface area contributed by atoms with Gasteiger partial charge in [-0.15, -0.1) is 0 Å². The van der Waals surface area contributed by atoms with Gasteiger partial charge < -0.3 is 15.1 Å². The Labute approximate surface area is 91.6 Å². The molecule has 0 bridgehead atoms. The average Bonchev–Trinajstić information content (AvgIpc) is 2.94. The first-order valence-corrected chi connectivity index (χ1v) is 5.89. The van der Waals surface area contributed by atoms with Gasteiger partial charge in [-0.2, -0.15) is 0 Å². The molecule has 2 aliphatic rings. The predicted octanol–water partition coefficient (Wildman–Crippen LogP) is 0.599. The van der Waals surface area contributed by atoms with E-state index in [1.807, 2.05) is 16.8 Å². The van der Waals surface area contributed by atoms with Gasteiger partial charge >= 0.3 is 6.03 Å². The summed E-state index contributed by atoms with van der Waals surface area (Å²) in [4.78, 5) is 15.8. The number of piperazine rings is 1. The van der Waals surface area contributed by atoms with Crippen molar-refractivity contribution in [1.82, 2.24) is 15.1 Å². The third-order valence-corrected chi connectivity index (χ3v) is 3.50. The van der Waals surface area contributed by atoms with Crippen LogP contribution < -0.4 is 5.32 Å². The molecule has 1 heterocycles. The largest absolute Gasteiger partial charge is 0.327 e. The van der Waals surface area contributed by atoms with Crippen LogP contribution in [0, 0.1) is 11.8 Å². The predicted molar refractivity (Wildman–Crippen MR) is 59.7 cm³/mol. The summed E-state index contributed by atoms with van der Waals surface area (Å²) in [5, 5.41) is 3.26. The van der Waals surface area contributed by atoms with Crippen LogP contribution in [0.2, 0.25) is 0 Å². The number of carbonyl (C=O) groups excluding carboxylic acids is 1. The lowest BCUT2D eigenvalue weighted by Gasteiger charge is -2.31. The van der Waals surface area contributed by atoms with E-state index < -0.39 is 0 Å². The second-order valence-electron chi connectivity index (χ2n) is 4.87. The van der Waals surface area contributed by atoms with Crippen molar-refractivity contribution in [2.24, 2.45) is 11.8 Å². The summed E-state index contributed by atoms with van der Waals surface area (Å²) in [6.07, 6.45) is 1.29. The molecule has 0 aromatic carbocycles. The maximum Gasteiger partial charge on any atom is 0.319 e. The van der Waals surface area contributed by atoms with E-state index in [1.165, 1.54) is 6.42 Å². The first-order valence-electron chi connectivity index (χ1n) is 5.89. The molecule has 2 atom stereocenters. The third-order valence-electron chi connectivity index (χ3n) is 3.50. The number of hydrogen-bond acceptors (Lipinski definition) is 2. The zero-order valence-corrected chi connectivity index (χ0v) is 9.70. The molecule has 0 spiro atoms. The molecule has 0 aromatic rings. The van der Waals surface area contributed by atoms with Crippen molar-refractivity contribution in [3.05, 3.63) is 0 Å². The van der Waals surface area contributed by atoms with E-state index in [9.17, 15) is 4.79 Å². The molecule has 1 N–H and O–H groups in total. The second kappa shape index (κ2) is 4.39. The molecule has 4 nitrogen and oxygen atoms in total. The van der Waals surface area contributed by atoms with Crippen LogP contribution in [0.1, 0.15) is 13.3 Å². The van der Waals surface area contributed by atoms with Gasteiger partial charge in [0, 0.05) is 39.8 Å². The molecule has 15 heavy (non-hydrogen) atoms. The van der Waals surface area contributed by atoms with Crippen molar-refractivity contribution in [3.8, 4) is 0 Å². The lowest BCUT2D eigenvalue weighted by molar-refractivity contribution is 0.154. The first-order chi connectivity index (χ1) is 7.18. The highest BCUT2D eigenvalue weighted by molar-refractivity contribution is 5.74. The molecule has 1 saturated heterocycles. The van der Waals surface area contributed by atoms with Crippen molar-refractivity contribution < 1.29 is 4.79 Å². The fourth-order valence-corrected chi connectivity index (χ4v) is 2.18. The molecule has 2 fully saturated rings. The minimum atomic E-state index is 0.204. The third kappa shape index (κ3) is 2.62. The van der Waals surface area contributed by atoms with E-state index in [0.29, 0.717) is 0 Å². The summed E-state index contributed by atoms with van der Waals surface area (Å²) < 4.78 is 0. The van der Waals surface area contributed by atoms with Crippen LogP contribution >= 0.6 is 0 Å². The van der Waals surface area contributed by atoms with Crippen molar-refractivity contribution in [1.29, 1.82) is 0 Å². The fraction of sp³-hybridized carbons (Fsp3) is 0.909. The van der Waals surface area contributed by atoms with Crippen molar-refractivity contribution >= 4 is 6.03 Å². The summed E-state index contributed by atoms with van der Waals surface area (Å²) in [5.41, 5.74) is 0. The van der Waals surface area contributed by atoms with Gasteiger partial charge in [0.15, 0.2) is 0 Å². The summed E-state index contributed by atoms with van der Waals surface area (Å²) in [6, 6.07) is 0.204. The average molecular weight is 211 g/mol. The van der Waals surface area contributed by atoms with Gasteiger partial charge in [-0.25, -0.2) is 4.79 Å². The van der Waals surface area contributed by atoms with E-state index in [0.717, 1.165) is 44.6 Å². The van der Waals surface area contributed by atoms with Gasteiger partial charge in [0.25, 0.3) is 0 Å². The van der Waals surface area contributed by atoms with E-state index >= 15 is 0 Å². The summed E-state index contributed by atoms with van der Waals surface area (Å²) in [7, 11) is 1.93. The quantitative estimate of drug-likeness (QED) is 0.726. The van der Waals surface area contributed by atoms with Crippen LogP contribution in [0.3, 0.4) is 0 Å². The molecular weight excluding hydrogens is 190 g/mol. The highest BCUT2D eigenvalue weighted by atomic mass is 16.2. The molecule has 1 aliphatic carbocycles. The summed E-state index contributed by atoms with van der Waals surface area (Å²) in [5.74, 6) is 1.57. The Morgan fingerprint density at radius 1 is 1.47 bits per heavy atom. The minimum Gasteiger partial charge on any atom is -0.327 e. The van der Waals surface area contributed by atoms with Gasteiger partial charge in [0.05, 0.1) is 0 Å². The summed E-state index contributed by atoms with van der Waals surface area (Å²) in [6.45, 7) is 6.75. The summed E-state index contributed by atoms with van der Waals surface area (Å²) >= 11 is 0. The fourth-order valence-electron chi connectivity index (χ4n) is 2.18. The molecule has 86 valence electrons. The van der Waals surface area contributed by atoms with Crippen molar-refractivity contribution in [2.45, 2.75) is 13.3 Å². The maximum atomic E-state index is 12.0. The number of hydrogen-bond donors (Lipinski definition) is 1. The molecular formula is C11H21N3O. The van der Waals surface area contributed by atoms with Crippen LogP contribution in [-0.4, -0.2) is 55.6 Å². The Morgan fingerprint density at radius 2 is 2.07 bits per heavy atom. The highest BCUT2D eigenvalue weighted by Crippen LogP contribution is 2.38. The van der Waals surface area contributed by atoms with Crippen LogP contribution in [0.4, 0.5) is 4.79 Å². The smallest absolute Gasteiger partial charge is 0.319 e. The zero-order chi connectivity index (χ0) is 10.8. The number of rotatable bonds is 2. The Hall–Kier alpha value is -0.770. The standard InChI is InChI=1S/C11H21N3O/c1-9-7-10(9)8-13(2)11(15)14-5-3-12-4-6-14/h9-10,12H,3-8H2,1-2H3. The molecule has 0 aromatic heterocycles. The SMILES string of the molecule is CC1CC1CN(C)C(=O)N1CCNCC1. The van der Waals surface area contributed by atoms with Crippen molar-refractivity contribution in [3.63, 3.8) is 0 Å². The normalized spacial score (nSPS) is 30.1. The van der Waals surface area contributed by atoms with Crippen LogP contribution in [0.5, 0.6) is 0 Å². The van der Waals surface area contributed by atoms with E-state index in [-0.39, 0.29) is 6.03 Å². The van der Waals surface area contributed by atoms with Crippen LogP contribution in [0.25, 0.3) is 0 Å². The molecule has 1 aliphatic heterocycles. The molecule has 2 unspecified atom stereocenters. The lowest BCUT2D eigenvalue weighted by atomic mass is 10.3. The number of nitrogens with zero attached hydrogens (tertiary/aromatic N) is 2. The molecule has 2 rings (SSSR count). The number of urea groups is 1. The van der Waals surface area contributed by atoms with Gasteiger partial charge in [0.1, 0.15) is 0 Å². The molecule has 0 radical (unpaired) electrons. The topological polar surface area (TPSA) is 35.6 Å². The van der Waals surface area contributed by atoms with Gasteiger partial charge in [-0.1, -0.05) is 6.92 Å². The maximum absolute atomic E-state index is 12.0. The first kappa shape index (κ1) is 10.7.